The number of carbonyl (C=O) groups is 3. The number of nitrogens with zero attached hydrogens (tertiary/aromatic N) is 1. The van der Waals surface area contributed by atoms with Crippen LogP contribution in [0, 0.1) is 19.7 Å². The van der Waals surface area contributed by atoms with E-state index in [0.717, 1.165) is 16.9 Å². The Hall–Kier alpha value is -4.14. The first-order valence-corrected chi connectivity index (χ1v) is 10.6. The van der Waals surface area contributed by atoms with Crippen LogP contribution in [0.25, 0.3) is 5.69 Å². The minimum absolute atomic E-state index is 0.0825. The van der Waals surface area contributed by atoms with E-state index in [1.54, 1.807) is 56.5 Å². The molecular weight excluding hydrogens is 439 g/mol. The van der Waals surface area contributed by atoms with Gasteiger partial charge < -0.3 is 14.6 Å². The van der Waals surface area contributed by atoms with Gasteiger partial charge in [0, 0.05) is 24.0 Å². The lowest BCUT2D eigenvalue weighted by Crippen LogP contribution is -2.43. The molecule has 0 aliphatic carbocycles. The second kappa shape index (κ2) is 10.7. The third-order valence-electron chi connectivity index (χ3n) is 5.36. The van der Waals surface area contributed by atoms with Crippen molar-refractivity contribution in [3.63, 3.8) is 0 Å². The third-order valence-corrected chi connectivity index (χ3v) is 5.36. The summed E-state index contributed by atoms with van der Waals surface area (Å²) in [5.41, 5.74) is 8.07. The minimum atomic E-state index is -0.580. The van der Waals surface area contributed by atoms with E-state index in [2.05, 4.69) is 16.2 Å². The molecule has 2 aromatic carbocycles. The van der Waals surface area contributed by atoms with Gasteiger partial charge in [0.2, 0.25) is 11.8 Å². The average molecular weight is 467 g/mol. The van der Waals surface area contributed by atoms with Crippen molar-refractivity contribution in [1.82, 2.24) is 20.7 Å². The number of aryl methyl sites for hydroxylation is 1. The maximum Gasteiger partial charge on any atom is 0.271 e. The van der Waals surface area contributed by atoms with Crippen molar-refractivity contribution >= 4 is 17.7 Å². The summed E-state index contributed by atoms with van der Waals surface area (Å²) in [5.74, 6) is -0.948. The smallest absolute Gasteiger partial charge is 0.271 e. The maximum absolute atomic E-state index is 13.3. The average Bonchev–Trinajstić information content (AvgIpc) is 3.11. The Bertz CT molecular complexity index is 1190. The summed E-state index contributed by atoms with van der Waals surface area (Å²) in [5, 5.41) is 2.74. The van der Waals surface area contributed by atoms with Crippen molar-refractivity contribution in [3.8, 4) is 11.4 Å². The second-order valence-corrected chi connectivity index (χ2v) is 7.83. The Morgan fingerprint density at radius 1 is 1.00 bits per heavy atom. The number of benzene rings is 2. The molecule has 0 fully saturated rings. The van der Waals surface area contributed by atoms with Gasteiger partial charge in [-0.1, -0.05) is 12.1 Å². The topological polar surface area (TPSA) is 101 Å². The SMILES string of the molecule is COc1ccc(C(CC(=O)NNC(=O)c2cc(C)n(-c3ccc(F)cc3)c2C)NC(C)=O)cc1. The summed E-state index contributed by atoms with van der Waals surface area (Å²) >= 11 is 0. The van der Waals surface area contributed by atoms with Crippen molar-refractivity contribution in [1.29, 1.82) is 0 Å². The van der Waals surface area contributed by atoms with Crippen LogP contribution in [0.3, 0.4) is 0 Å². The molecule has 8 nitrogen and oxygen atoms in total. The van der Waals surface area contributed by atoms with Crippen LogP contribution in [0.1, 0.15) is 46.7 Å². The first-order valence-electron chi connectivity index (χ1n) is 10.6. The lowest BCUT2D eigenvalue weighted by atomic mass is 10.0. The lowest BCUT2D eigenvalue weighted by Gasteiger charge is -2.18. The monoisotopic (exact) mass is 466 g/mol. The van der Waals surface area contributed by atoms with E-state index in [4.69, 9.17) is 4.74 Å². The predicted octanol–water partition coefficient (Wildman–Crippen LogP) is 3.27. The van der Waals surface area contributed by atoms with E-state index in [9.17, 15) is 18.8 Å². The molecule has 0 aliphatic rings. The molecule has 1 unspecified atom stereocenters. The first kappa shape index (κ1) is 24.5. The van der Waals surface area contributed by atoms with Gasteiger partial charge in [-0.2, -0.15) is 0 Å². The van der Waals surface area contributed by atoms with Gasteiger partial charge in [-0.15, -0.1) is 0 Å². The number of hydrazine groups is 1. The molecule has 0 aliphatic heterocycles. The molecule has 9 heteroatoms. The van der Waals surface area contributed by atoms with Crippen molar-refractivity contribution in [3.05, 3.63) is 82.9 Å². The largest absolute Gasteiger partial charge is 0.497 e. The minimum Gasteiger partial charge on any atom is -0.497 e. The van der Waals surface area contributed by atoms with Gasteiger partial charge >= 0.3 is 0 Å². The van der Waals surface area contributed by atoms with E-state index in [1.807, 2.05) is 11.5 Å². The van der Waals surface area contributed by atoms with Crippen molar-refractivity contribution in [2.45, 2.75) is 33.2 Å². The van der Waals surface area contributed by atoms with Crippen LogP contribution in [0.15, 0.2) is 54.6 Å². The number of amides is 3. The molecule has 0 saturated heterocycles. The predicted molar refractivity (Wildman–Crippen MR) is 125 cm³/mol. The number of halogens is 1. The molecule has 1 aromatic heterocycles. The van der Waals surface area contributed by atoms with E-state index < -0.39 is 17.9 Å². The number of ether oxygens (including phenoxy) is 1. The van der Waals surface area contributed by atoms with Gasteiger partial charge in [0.05, 0.1) is 25.1 Å². The molecular formula is C25H27FN4O4. The summed E-state index contributed by atoms with van der Waals surface area (Å²) in [7, 11) is 1.55. The molecule has 3 amide bonds. The molecule has 0 radical (unpaired) electrons. The molecule has 3 aromatic rings. The Kier molecular flexibility index (Phi) is 7.68. The fraction of sp³-hybridized carbons (Fsp3) is 0.240. The molecule has 1 heterocycles. The molecule has 178 valence electrons. The van der Waals surface area contributed by atoms with Crippen molar-refractivity contribution < 1.29 is 23.5 Å². The zero-order valence-corrected chi connectivity index (χ0v) is 19.4. The van der Waals surface area contributed by atoms with Crippen LogP contribution in [-0.4, -0.2) is 29.4 Å². The summed E-state index contributed by atoms with van der Waals surface area (Å²) in [6.07, 6.45) is -0.0825. The highest BCUT2D eigenvalue weighted by molar-refractivity contribution is 5.97. The van der Waals surface area contributed by atoms with Gasteiger partial charge in [-0.25, -0.2) is 4.39 Å². The number of methoxy groups -OCH3 is 1. The fourth-order valence-corrected chi connectivity index (χ4v) is 3.74. The van der Waals surface area contributed by atoms with E-state index >= 15 is 0 Å². The van der Waals surface area contributed by atoms with Gasteiger partial charge in [-0.05, 0) is 61.9 Å². The molecule has 34 heavy (non-hydrogen) atoms. The Labute approximate surface area is 197 Å². The first-order chi connectivity index (χ1) is 16.2. The summed E-state index contributed by atoms with van der Waals surface area (Å²) in [6.45, 7) is 4.97. The van der Waals surface area contributed by atoms with Gasteiger partial charge in [-0.3, -0.25) is 25.2 Å². The normalized spacial score (nSPS) is 11.4. The van der Waals surface area contributed by atoms with Crippen molar-refractivity contribution in [2.24, 2.45) is 0 Å². The summed E-state index contributed by atoms with van der Waals surface area (Å²) in [6, 6.07) is 14.1. The van der Waals surface area contributed by atoms with Gasteiger partial charge in [0.1, 0.15) is 11.6 Å². The van der Waals surface area contributed by atoms with E-state index in [-0.39, 0.29) is 18.1 Å². The van der Waals surface area contributed by atoms with Crippen LogP contribution in [0.4, 0.5) is 4.39 Å². The van der Waals surface area contributed by atoms with Crippen LogP contribution < -0.4 is 20.9 Å². The highest BCUT2D eigenvalue weighted by atomic mass is 19.1. The summed E-state index contributed by atoms with van der Waals surface area (Å²) < 4.78 is 20.2. The molecule has 0 bridgehead atoms. The lowest BCUT2D eigenvalue weighted by molar-refractivity contribution is -0.123. The number of hydrogen-bond donors (Lipinski definition) is 3. The van der Waals surface area contributed by atoms with Gasteiger partial charge in [0.25, 0.3) is 5.91 Å². The Morgan fingerprint density at radius 3 is 2.24 bits per heavy atom. The fourth-order valence-electron chi connectivity index (χ4n) is 3.74. The molecule has 0 spiro atoms. The van der Waals surface area contributed by atoms with Crippen LogP contribution >= 0.6 is 0 Å². The molecule has 1 atom stereocenters. The second-order valence-electron chi connectivity index (χ2n) is 7.83. The highest BCUT2D eigenvalue weighted by Gasteiger charge is 2.20. The molecule has 0 saturated carbocycles. The molecule has 3 N–H and O–H groups in total. The van der Waals surface area contributed by atoms with Gasteiger partial charge in [0.15, 0.2) is 0 Å². The quantitative estimate of drug-likeness (QED) is 0.465. The Balaban J connectivity index is 1.67. The van der Waals surface area contributed by atoms with Crippen LogP contribution in [0.2, 0.25) is 0 Å². The van der Waals surface area contributed by atoms with Crippen LogP contribution in [-0.2, 0) is 9.59 Å². The summed E-state index contributed by atoms with van der Waals surface area (Å²) in [4.78, 5) is 36.9. The number of nitrogens with one attached hydrogen (secondary N) is 3. The van der Waals surface area contributed by atoms with E-state index in [1.165, 1.54) is 19.1 Å². The van der Waals surface area contributed by atoms with E-state index in [0.29, 0.717) is 17.0 Å². The zero-order chi connectivity index (χ0) is 24.8. The maximum atomic E-state index is 13.3. The molecule has 3 rings (SSSR count). The number of aromatic nitrogens is 1. The number of carbonyl (C=O) groups excluding carboxylic acids is 3. The highest BCUT2D eigenvalue weighted by Crippen LogP contribution is 2.22. The number of rotatable bonds is 7. The van der Waals surface area contributed by atoms with Crippen molar-refractivity contribution in [2.75, 3.05) is 7.11 Å². The third kappa shape index (κ3) is 5.80. The van der Waals surface area contributed by atoms with Crippen LogP contribution in [0.5, 0.6) is 5.75 Å². The zero-order valence-electron chi connectivity index (χ0n) is 19.4. The Morgan fingerprint density at radius 2 is 1.65 bits per heavy atom. The standard InChI is InChI=1S/C25H27FN4O4/c1-15-13-22(16(2)30(15)20-9-7-19(26)8-10-20)25(33)29-28-24(32)14-23(27-17(3)31)18-5-11-21(34-4)12-6-18/h5-13,23H,14H2,1-4H3,(H,27,31)(H,28,32)(H,29,33). The number of hydrogen-bond acceptors (Lipinski definition) is 4.